The van der Waals surface area contributed by atoms with Crippen LogP contribution in [0.4, 0.5) is 0 Å². The summed E-state index contributed by atoms with van der Waals surface area (Å²) in [6, 6.07) is 4.95. The molecule has 0 saturated carbocycles. The van der Waals surface area contributed by atoms with E-state index in [1.54, 1.807) is 18.2 Å². The molecule has 0 N–H and O–H groups in total. The van der Waals surface area contributed by atoms with E-state index >= 15 is 0 Å². The van der Waals surface area contributed by atoms with Crippen LogP contribution in [-0.4, -0.2) is 26.2 Å². The SMILES string of the molecule is COc1ccc(OC)c(/C(=C/OC(C)=O)OC(C)=O)c1. The Bertz CT molecular complexity index is 532. The van der Waals surface area contributed by atoms with Crippen LogP contribution in [0.2, 0.25) is 0 Å². The Labute approximate surface area is 116 Å². The predicted molar refractivity (Wildman–Crippen MR) is 71.1 cm³/mol. The van der Waals surface area contributed by atoms with E-state index in [1.807, 2.05) is 0 Å². The molecule has 0 fully saturated rings. The van der Waals surface area contributed by atoms with Crippen LogP contribution in [0, 0.1) is 0 Å². The van der Waals surface area contributed by atoms with Crippen molar-refractivity contribution in [2.45, 2.75) is 13.8 Å². The monoisotopic (exact) mass is 280 g/mol. The van der Waals surface area contributed by atoms with Gasteiger partial charge in [-0.3, -0.25) is 9.59 Å². The number of carbonyl (C=O) groups excluding carboxylic acids is 2. The van der Waals surface area contributed by atoms with Crippen LogP contribution >= 0.6 is 0 Å². The molecule has 0 aliphatic carbocycles. The quantitative estimate of drug-likeness (QED) is 0.608. The highest BCUT2D eigenvalue weighted by atomic mass is 16.6. The Kier molecular flexibility index (Phi) is 5.58. The maximum atomic E-state index is 11.2. The molecule has 6 nitrogen and oxygen atoms in total. The molecule has 1 aromatic rings. The van der Waals surface area contributed by atoms with Crippen LogP contribution in [-0.2, 0) is 19.1 Å². The Morgan fingerprint density at radius 3 is 2.25 bits per heavy atom. The molecule has 0 radical (unpaired) electrons. The van der Waals surface area contributed by atoms with Gasteiger partial charge >= 0.3 is 11.9 Å². The van der Waals surface area contributed by atoms with Gasteiger partial charge in [0.15, 0.2) is 5.76 Å². The molecule has 108 valence electrons. The molecule has 20 heavy (non-hydrogen) atoms. The van der Waals surface area contributed by atoms with Crippen LogP contribution in [0.1, 0.15) is 19.4 Å². The van der Waals surface area contributed by atoms with Gasteiger partial charge in [-0.15, -0.1) is 0 Å². The molecule has 0 aliphatic rings. The molecule has 0 saturated heterocycles. The van der Waals surface area contributed by atoms with E-state index in [-0.39, 0.29) is 5.76 Å². The fraction of sp³-hybridized carbons (Fsp3) is 0.286. The van der Waals surface area contributed by atoms with Crippen molar-refractivity contribution in [2.75, 3.05) is 14.2 Å². The molecule has 0 aromatic heterocycles. The van der Waals surface area contributed by atoms with Gasteiger partial charge in [0.2, 0.25) is 0 Å². The van der Waals surface area contributed by atoms with E-state index in [9.17, 15) is 9.59 Å². The maximum Gasteiger partial charge on any atom is 0.308 e. The summed E-state index contributed by atoms with van der Waals surface area (Å²) in [4.78, 5) is 22.0. The highest BCUT2D eigenvalue weighted by molar-refractivity contribution is 5.79. The van der Waals surface area contributed by atoms with E-state index in [0.29, 0.717) is 17.1 Å². The van der Waals surface area contributed by atoms with Crippen molar-refractivity contribution >= 4 is 17.7 Å². The molecule has 0 bridgehead atoms. The second kappa shape index (κ2) is 7.18. The second-order valence-electron chi connectivity index (χ2n) is 3.75. The van der Waals surface area contributed by atoms with E-state index in [0.717, 1.165) is 6.26 Å². The summed E-state index contributed by atoms with van der Waals surface area (Å²) >= 11 is 0. The van der Waals surface area contributed by atoms with Crippen LogP contribution < -0.4 is 9.47 Å². The predicted octanol–water partition coefficient (Wildman–Crippen LogP) is 2.13. The Morgan fingerprint density at radius 2 is 1.75 bits per heavy atom. The zero-order valence-electron chi connectivity index (χ0n) is 11.8. The second-order valence-corrected chi connectivity index (χ2v) is 3.75. The Hall–Kier alpha value is -2.50. The number of hydrogen-bond acceptors (Lipinski definition) is 6. The van der Waals surface area contributed by atoms with Crippen LogP contribution in [0.5, 0.6) is 11.5 Å². The summed E-state index contributed by atoms with van der Waals surface area (Å²) in [5, 5.41) is 0. The summed E-state index contributed by atoms with van der Waals surface area (Å²) in [6.45, 7) is 2.49. The topological polar surface area (TPSA) is 71.1 Å². The highest BCUT2D eigenvalue weighted by Crippen LogP contribution is 2.31. The molecule has 0 spiro atoms. The zero-order chi connectivity index (χ0) is 15.1. The summed E-state index contributed by atoms with van der Waals surface area (Å²) < 4.78 is 20.1. The average molecular weight is 280 g/mol. The Morgan fingerprint density at radius 1 is 1.05 bits per heavy atom. The standard InChI is InChI=1S/C14H16O6/c1-9(15)19-8-14(20-10(2)16)12-7-11(17-3)5-6-13(12)18-4/h5-8H,1-4H3/b14-8-. The Balaban J connectivity index is 3.26. The lowest BCUT2D eigenvalue weighted by atomic mass is 10.1. The third kappa shape index (κ3) is 4.31. The van der Waals surface area contributed by atoms with Crippen molar-refractivity contribution in [3.8, 4) is 11.5 Å². The third-order valence-electron chi connectivity index (χ3n) is 2.26. The molecular weight excluding hydrogens is 264 g/mol. The molecule has 0 amide bonds. The fourth-order valence-electron chi connectivity index (χ4n) is 1.44. The summed E-state index contributed by atoms with van der Waals surface area (Å²) in [5.41, 5.74) is 0.434. The van der Waals surface area contributed by atoms with Crippen molar-refractivity contribution < 1.29 is 28.5 Å². The fourth-order valence-corrected chi connectivity index (χ4v) is 1.44. The lowest BCUT2D eigenvalue weighted by molar-refractivity contribution is -0.137. The number of rotatable bonds is 5. The summed E-state index contributed by atoms with van der Waals surface area (Å²) in [5.74, 6) is -0.0274. The molecular formula is C14H16O6. The van der Waals surface area contributed by atoms with Crippen LogP contribution in [0.15, 0.2) is 24.5 Å². The number of carbonyl (C=O) groups is 2. The van der Waals surface area contributed by atoms with Gasteiger partial charge in [0, 0.05) is 13.8 Å². The van der Waals surface area contributed by atoms with E-state index in [2.05, 4.69) is 0 Å². The molecule has 0 heterocycles. The van der Waals surface area contributed by atoms with Gasteiger partial charge in [-0.2, -0.15) is 0 Å². The normalized spacial score (nSPS) is 10.7. The number of ether oxygens (including phenoxy) is 4. The van der Waals surface area contributed by atoms with Crippen molar-refractivity contribution in [3.05, 3.63) is 30.0 Å². The third-order valence-corrected chi connectivity index (χ3v) is 2.26. The maximum absolute atomic E-state index is 11.2. The van der Waals surface area contributed by atoms with Crippen molar-refractivity contribution in [3.63, 3.8) is 0 Å². The molecule has 0 unspecified atom stereocenters. The van der Waals surface area contributed by atoms with Gasteiger partial charge in [0.25, 0.3) is 0 Å². The first-order valence-corrected chi connectivity index (χ1v) is 5.76. The number of esters is 2. The number of hydrogen-bond donors (Lipinski definition) is 0. The van der Waals surface area contributed by atoms with Crippen molar-refractivity contribution in [2.24, 2.45) is 0 Å². The lowest BCUT2D eigenvalue weighted by Crippen LogP contribution is -2.03. The minimum absolute atomic E-state index is 0.0588. The first-order chi connectivity index (χ1) is 9.47. The molecule has 0 atom stereocenters. The largest absolute Gasteiger partial charge is 0.497 e. The molecule has 6 heteroatoms. The van der Waals surface area contributed by atoms with Gasteiger partial charge in [-0.1, -0.05) is 0 Å². The molecule has 0 aliphatic heterocycles. The number of benzene rings is 1. The first kappa shape index (κ1) is 15.6. The zero-order valence-corrected chi connectivity index (χ0v) is 11.8. The van der Waals surface area contributed by atoms with Crippen LogP contribution in [0.3, 0.4) is 0 Å². The minimum Gasteiger partial charge on any atom is -0.497 e. The number of methoxy groups -OCH3 is 2. The van der Waals surface area contributed by atoms with Gasteiger partial charge < -0.3 is 18.9 Å². The first-order valence-electron chi connectivity index (χ1n) is 5.76. The summed E-state index contributed by atoms with van der Waals surface area (Å²) in [6.07, 6.45) is 1.06. The molecule has 1 rings (SSSR count). The summed E-state index contributed by atoms with van der Waals surface area (Å²) in [7, 11) is 2.98. The van der Waals surface area contributed by atoms with Crippen LogP contribution in [0.25, 0.3) is 5.76 Å². The van der Waals surface area contributed by atoms with Gasteiger partial charge in [0.05, 0.1) is 19.8 Å². The van der Waals surface area contributed by atoms with E-state index in [4.69, 9.17) is 18.9 Å². The molecule has 1 aromatic carbocycles. The van der Waals surface area contributed by atoms with Gasteiger partial charge in [-0.05, 0) is 18.2 Å². The highest BCUT2D eigenvalue weighted by Gasteiger charge is 2.14. The average Bonchev–Trinajstić information content (AvgIpc) is 2.42. The van der Waals surface area contributed by atoms with Gasteiger partial charge in [0.1, 0.15) is 17.8 Å². The van der Waals surface area contributed by atoms with Crippen molar-refractivity contribution in [1.29, 1.82) is 0 Å². The van der Waals surface area contributed by atoms with E-state index < -0.39 is 11.9 Å². The lowest BCUT2D eigenvalue weighted by Gasteiger charge is -2.12. The van der Waals surface area contributed by atoms with Gasteiger partial charge in [-0.25, -0.2) is 0 Å². The smallest absolute Gasteiger partial charge is 0.308 e. The van der Waals surface area contributed by atoms with E-state index in [1.165, 1.54) is 28.1 Å². The van der Waals surface area contributed by atoms with Crippen molar-refractivity contribution in [1.82, 2.24) is 0 Å². The minimum atomic E-state index is -0.548.